The summed E-state index contributed by atoms with van der Waals surface area (Å²) in [5.74, 6) is -2.41. The maximum Gasteiger partial charge on any atom is 0.292 e. The Bertz CT molecular complexity index is 965. The Balaban J connectivity index is 1.60. The van der Waals surface area contributed by atoms with E-state index in [1.165, 1.54) is 0 Å². The van der Waals surface area contributed by atoms with Crippen molar-refractivity contribution in [2.45, 2.75) is 38.2 Å². The molecule has 0 N–H and O–H groups in total. The molecule has 1 atom stereocenters. The van der Waals surface area contributed by atoms with Crippen LogP contribution in [0.1, 0.15) is 36.1 Å². The number of halogens is 3. The van der Waals surface area contributed by atoms with Crippen LogP contribution in [0, 0.1) is 0 Å². The zero-order valence-corrected chi connectivity index (χ0v) is 16.3. The lowest BCUT2D eigenvalue weighted by Gasteiger charge is -2.34. The Kier molecular flexibility index (Phi) is 5.11. The van der Waals surface area contributed by atoms with Crippen molar-refractivity contribution in [3.63, 3.8) is 0 Å². The van der Waals surface area contributed by atoms with Gasteiger partial charge in [-0.2, -0.15) is 0 Å². The van der Waals surface area contributed by atoms with Gasteiger partial charge in [0.25, 0.3) is 5.92 Å². The van der Waals surface area contributed by atoms with Gasteiger partial charge in [0.2, 0.25) is 0 Å². The van der Waals surface area contributed by atoms with Crippen molar-refractivity contribution in [1.82, 2.24) is 0 Å². The fraction of sp³-hybridized carbons (Fsp3) is 0.250. The summed E-state index contributed by atoms with van der Waals surface area (Å²) in [4.78, 5) is 0. The molecule has 144 valence electrons. The molecular formula is C24H21ClF2O. The van der Waals surface area contributed by atoms with E-state index in [9.17, 15) is 8.78 Å². The summed E-state index contributed by atoms with van der Waals surface area (Å²) in [5.41, 5.74) is 4.08. The fourth-order valence-electron chi connectivity index (χ4n) is 3.69. The van der Waals surface area contributed by atoms with Gasteiger partial charge in [-0.25, -0.2) is 8.78 Å². The van der Waals surface area contributed by atoms with Gasteiger partial charge in [-0.15, -0.1) is 0 Å². The average molecular weight is 399 g/mol. The van der Waals surface area contributed by atoms with Crippen LogP contribution in [0.25, 0.3) is 11.1 Å². The lowest BCUT2D eigenvalue weighted by molar-refractivity contribution is -0.109. The first kappa shape index (κ1) is 18.9. The molecule has 0 radical (unpaired) electrons. The Morgan fingerprint density at radius 1 is 0.964 bits per heavy atom. The molecule has 0 spiro atoms. The fourth-order valence-corrected chi connectivity index (χ4v) is 3.82. The number of aryl methyl sites for hydroxylation is 1. The molecule has 1 heterocycles. The highest BCUT2D eigenvalue weighted by atomic mass is 35.5. The van der Waals surface area contributed by atoms with Crippen LogP contribution >= 0.6 is 11.6 Å². The first-order valence-corrected chi connectivity index (χ1v) is 9.86. The van der Waals surface area contributed by atoms with Gasteiger partial charge in [0, 0.05) is 17.0 Å². The molecule has 1 nitrogen and oxygen atoms in total. The Morgan fingerprint density at radius 2 is 1.61 bits per heavy atom. The van der Waals surface area contributed by atoms with Gasteiger partial charge in [-0.3, -0.25) is 0 Å². The summed E-state index contributed by atoms with van der Waals surface area (Å²) >= 11 is 5.93. The number of ether oxygens (including phenoxy) is 1. The largest absolute Gasteiger partial charge is 0.479 e. The third-order valence-electron chi connectivity index (χ3n) is 5.11. The summed E-state index contributed by atoms with van der Waals surface area (Å²) < 4.78 is 35.5. The number of hydrogen-bond donors (Lipinski definition) is 0. The van der Waals surface area contributed by atoms with Gasteiger partial charge in [0.05, 0.1) is 0 Å². The van der Waals surface area contributed by atoms with E-state index in [2.05, 4.69) is 6.92 Å². The highest BCUT2D eigenvalue weighted by Crippen LogP contribution is 2.45. The summed E-state index contributed by atoms with van der Waals surface area (Å²) in [5, 5.41) is 0.663. The second-order valence-corrected chi connectivity index (χ2v) is 7.69. The van der Waals surface area contributed by atoms with Crippen LogP contribution in [0.3, 0.4) is 0 Å². The number of benzene rings is 3. The molecule has 3 aromatic rings. The minimum absolute atomic E-state index is 0.302. The lowest BCUT2D eigenvalue weighted by atomic mass is 9.91. The molecule has 28 heavy (non-hydrogen) atoms. The Morgan fingerprint density at radius 3 is 2.25 bits per heavy atom. The predicted molar refractivity (Wildman–Crippen MR) is 109 cm³/mol. The summed E-state index contributed by atoms with van der Waals surface area (Å²) in [6, 6.07) is 20.2. The van der Waals surface area contributed by atoms with Crippen LogP contribution < -0.4 is 4.74 Å². The topological polar surface area (TPSA) is 9.23 Å². The molecule has 4 heteroatoms. The molecule has 0 fully saturated rings. The lowest BCUT2D eigenvalue weighted by Crippen LogP contribution is -2.36. The molecule has 0 saturated carbocycles. The third kappa shape index (κ3) is 3.77. The van der Waals surface area contributed by atoms with Crippen molar-refractivity contribution in [3.8, 4) is 16.9 Å². The maximum atomic E-state index is 14.9. The van der Waals surface area contributed by atoms with Crippen molar-refractivity contribution in [1.29, 1.82) is 0 Å². The van der Waals surface area contributed by atoms with Crippen LogP contribution in [0.4, 0.5) is 8.78 Å². The highest BCUT2D eigenvalue weighted by Gasteiger charge is 2.46. The molecule has 3 aromatic carbocycles. The SMILES string of the molecule is CCCc1ccc2c(c1)CC(F)(F)C(c1ccc(-c3ccc(Cl)cc3)cc1)O2. The van der Waals surface area contributed by atoms with Gasteiger partial charge in [0.1, 0.15) is 5.75 Å². The van der Waals surface area contributed by atoms with Crippen molar-refractivity contribution >= 4 is 11.6 Å². The number of alkyl halides is 2. The number of rotatable bonds is 4. The smallest absolute Gasteiger partial charge is 0.292 e. The molecule has 4 rings (SSSR count). The zero-order valence-electron chi connectivity index (χ0n) is 15.6. The molecule has 0 aromatic heterocycles. The van der Waals surface area contributed by atoms with E-state index in [0.717, 1.165) is 29.5 Å². The van der Waals surface area contributed by atoms with Crippen LogP contribution in [0.2, 0.25) is 5.02 Å². The van der Waals surface area contributed by atoms with Crippen LogP contribution in [-0.4, -0.2) is 5.92 Å². The van der Waals surface area contributed by atoms with Gasteiger partial charge < -0.3 is 4.74 Å². The number of hydrogen-bond acceptors (Lipinski definition) is 1. The molecular weight excluding hydrogens is 378 g/mol. The van der Waals surface area contributed by atoms with Gasteiger partial charge in [0.15, 0.2) is 6.10 Å². The minimum atomic E-state index is -2.96. The average Bonchev–Trinajstić information content (AvgIpc) is 2.68. The first-order valence-electron chi connectivity index (χ1n) is 9.48. The highest BCUT2D eigenvalue weighted by molar-refractivity contribution is 6.30. The normalized spacial score (nSPS) is 17.6. The molecule has 0 saturated heterocycles. The molecule has 0 aliphatic carbocycles. The van der Waals surface area contributed by atoms with Crippen molar-refractivity contribution in [2.75, 3.05) is 0 Å². The van der Waals surface area contributed by atoms with E-state index in [1.807, 2.05) is 54.6 Å². The molecule has 1 aliphatic rings. The quantitative estimate of drug-likeness (QED) is 0.449. The second kappa shape index (κ2) is 7.56. The molecule has 0 amide bonds. The first-order chi connectivity index (χ1) is 13.5. The van der Waals surface area contributed by atoms with Gasteiger partial charge in [-0.1, -0.05) is 73.5 Å². The van der Waals surface area contributed by atoms with E-state index in [0.29, 0.717) is 21.9 Å². The molecule has 0 bridgehead atoms. The Hall–Kier alpha value is -2.39. The monoisotopic (exact) mass is 398 g/mol. The zero-order chi connectivity index (χ0) is 19.7. The van der Waals surface area contributed by atoms with E-state index < -0.39 is 12.0 Å². The van der Waals surface area contributed by atoms with Crippen LogP contribution in [-0.2, 0) is 12.8 Å². The van der Waals surface area contributed by atoms with Crippen molar-refractivity contribution in [2.24, 2.45) is 0 Å². The molecule has 1 unspecified atom stereocenters. The van der Waals surface area contributed by atoms with E-state index >= 15 is 0 Å². The van der Waals surface area contributed by atoms with E-state index in [4.69, 9.17) is 16.3 Å². The maximum absolute atomic E-state index is 14.9. The van der Waals surface area contributed by atoms with E-state index in [-0.39, 0.29) is 6.42 Å². The van der Waals surface area contributed by atoms with Gasteiger partial charge in [-0.05, 0) is 46.9 Å². The summed E-state index contributed by atoms with van der Waals surface area (Å²) in [6.45, 7) is 2.08. The van der Waals surface area contributed by atoms with E-state index in [1.54, 1.807) is 12.1 Å². The summed E-state index contributed by atoms with van der Waals surface area (Å²) in [6.07, 6.45) is 0.285. The minimum Gasteiger partial charge on any atom is -0.479 e. The Labute approximate surface area is 168 Å². The van der Waals surface area contributed by atoms with Gasteiger partial charge >= 0.3 is 0 Å². The second-order valence-electron chi connectivity index (χ2n) is 7.26. The summed E-state index contributed by atoms with van der Waals surface area (Å²) in [7, 11) is 0. The number of fused-ring (bicyclic) bond motifs is 1. The standard InChI is InChI=1S/C24H21ClF2O/c1-2-3-16-4-13-22-20(14-16)15-24(26,27)23(28-22)19-7-5-17(6-8-19)18-9-11-21(25)12-10-18/h4-14,23H,2-3,15H2,1H3. The van der Waals surface area contributed by atoms with Crippen molar-refractivity contribution in [3.05, 3.63) is 88.4 Å². The van der Waals surface area contributed by atoms with Crippen LogP contribution in [0.5, 0.6) is 5.75 Å². The third-order valence-corrected chi connectivity index (χ3v) is 5.36. The molecule has 1 aliphatic heterocycles. The van der Waals surface area contributed by atoms with Crippen LogP contribution in [0.15, 0.2) is 66.7 Å². The predicted octanol–water partition coefficient (Wildman–Crippen LogP) is 7.27. The van der Waals surface area contributed by atoms with Crippen molar-refractivity contribution < 1.29 is 13.5 Å².